The second-order valence-corrected chi connectivity index (χ2v) is 30.8. The molecule has 8 fully saturated rings. The van der Waals surface area contributed by atoms with Gasteiger partial charge in [0.25, 0.3) is 0 Å². The Labute approximate surface area is 667 Å². The van der Waals surface area contributed by atoms with E-state index >= 15 is 5.11 Å². The quantitative estimate of drug-likeness (QED) is 0.0537. The minimum Gasteiger partial charge on any atom is -0.379 e. The maximum atomic E-state index is 16.1. The Bertz CT molecular complexity index is 4570. The van der Waals surface area contributed by atoms with Gasteiger partial charge in [0.1, 0.15) is 103 Å². The summed E-state index contributed by atoms with van der Waals surface area (Å²) in [6.45, 7) is 0.384. The molecule has 20 nitrogen and oxygen atoms in total. The van der Waals surface area contributed by atoms with Gasteiger partial charge < -0.3 is 95.1 Å². The molecule has 0 bridgehead atoms. The van der Waals surface area contributed by atoms with E-state index in [0.717, 1.165) is 55.0 Å². The van der Waals surface area contributed by atoms with Crippen LogP contribution in [0.3, 0.4) is 0 Å². The monoisotopic (exact) mass is 1560 g/mol. The molecule has 8 aliphatic heterocycles. The van der Waals surface area contributed by atoms with Gasteiger partial charge in [0.2, 0.25) is 0 Å². The molecule has 10 aromatic carbocycles. The number of benzene rings is 10. The SMILES string of the molecule is O[C@]1([C@@H]2O[C@@H]3COC(c4ccccc4)O[C@H]3[C@H](OCc3ccccc3)[C@@H]2O[C@@H]2O[C@@H]3COC(c4ccccc4)O[C@H]3[C@H](OCc3ccccc3)[C@@H]2OCc2ccccc2)[C@H](O[C@H]2[C@@H](OCc3ccccc3)[C@@H]3OC(c4ccccc4)OC[C@H]3O[C@@H]2Sc2ccccc2)O[C@@H]2COC(c3ccccc3)O[C@H]2[C@@H]1OCc1ccccc1. The number of rotatable bonds is 26. The zero-order valence-electron chi connectivity index (χ0n) is 62.6. The highest BCUT2D eigenvalue weighted by atomic mass is 32.2. The minimum atomic E-state index is -2.62. The molecule has 8 saturated heterocycles. The minimum absolute atomic E-state index is 0.0260. The van der Waals surface area contributed by atoms with Crippen molar-refractivity contribution < 1.29 is 95.1 Å². The van der Waals surface area contributed by atoms with Crippen LogP contribution in [0.5, 0.6) is 0 Å². The van der Waals surface area contributed by atoms with Gasteiger partial charge in [-0.3, -0.25) is 0 Å². The van der Waals surface area contributed by atoms with Gasteiger partial charge in [0.15, 0.2) is 43.3 Å². The topological polar surface area (TPSA) is 196 Å². The van der Waals surface area contributed by atoms with Gasteiger partial charge in [-0.05, 0) is 39.9 Å². The van der Waals surface area contributed by atoms with Crippen molar-refractivity contribution in [2.45, 2.75) is 184 Å². The first-order valence-corrected chi connectivity index (χ1v) is 40.2. The Kier molecular flexibility index (Phi) is 24.7. The number of thioether (sulfide) groups is 1. The average Bonchev–Trinajstić information content (AvgIpc) is 0.709. The van der Waals surface area contributed by atoms with E-state index in [4.69, 9.17) is 90.0 Å². The van der Waals surface area contributed by atoms with Crippen molar-refractivity contribution in [1.82, 2.24) is 0 Å². The number of ether oxygens (including phenoxy) is 19. The van der Waals surface area contributed by atoms with Crippen molar-refractivity contribution in [2.24, 2.45) is 0 Å². The fraction of sp³-hybridized carbons (Fsp3) is 0.355. The summed E-state index contributed by atoms with van der Waals surface area (Å²) in [4.78, 5) is 0.856. The average molecular weight is 1560 g/mol. The molecule has 18 rings (SSSR count). The molecule has 114 heavy (non-hydrogen) atoms. The van der Waals surface area contributed by atoms with Crippen molar-refractivity contribution in [3.63, 3.8) is 0 Å². The highest BCUT2D eigenvalue weighted by molar-refractivity contribution is 7.99. The van der Waals surface area contributed by atoms with E-state index in [1.54, 1.807) is 0 Å². The lowest BCUT2D eigenvalue weighted by atomic mass is 9.75. The second-order valence-electron chi connectivity index (χ2n) is 29.7. The van der Waals surface area contributed by atoms with Gasteiger partial charge in [0, 0.05) is 27.1 Å². The maximum Gasteiger partial charge on any atom is 0.192 e. The molecule has 0 aromatic heterocycles. The van der Waals surface area contributed by atoms with E-state index in [1.165, 1.54) is 11.8 Å². The number of aliphatic hydroxyl groups is 1. The molecule has 10 aromatic rings. The zero-order chi connectivity index (χ0) is 76.4. The van der Waals surface area contributed by atoms with E-state index < -0.39 is 146 Å². The Balaban J connectivity index is 0.823. The summed E-state index contributed by atoms with van der Waals surface area (Å²) in [5.41, 5.74) is 3.81. The molecule has 590 valence electrons. The summed E-state index contributed by atoms with van der Waals surface area (Å²) in [5.74, 6) is 0. The summed E-state index contributed by atoms with van der Waals surface area (Å²) in [6, 6.07) is 98.3. The predicted octanol–water partition coefficient (Wildman–Crippen LogP) is 14.6. The van der Waals surface area contributed by atoms with Gasteiger partial charge >= 0.3 is 0 Å². The normalized spacial score (nSPS) is 33.3. The van der Waals surface area contributed by atoms with Crippen molar-refractivity contribution in [2.75, 3.05) is 26.4 Å². The van der Waals surface area contributed by atoms with Crippen LogP contribution in [0.4, 0.5) is 0 Å². The van der Waals surface area contributed by atoms with Crippen LogP contribution in [0.1, 0.15) is 75.2 Å². The molecule has 1 N–H and O–H groups in total. The molecule has 24 atom stereocenters. The number of hydrogen-bond donors (Lipinski definition) is 1. The summed E-state index contributed by atoms with van der Waals surface area (Å²) >= 11 is 1.43. The Morgan fingerprint density at radius 2 is 0.596 bits per heavy atom. The lowest BCUT2D eigenvalue weighted by Gasteiger charge is -2.60. The summed E-state index contributed by atoms with van der Waals surface area (Å²) in [5, 5.41) is 16.1. The molecule has 0 aliphatic carbocycles. The third kappa shape index (κ3) is 17.4. The van der Waals surface area contributed by atoms with Crippen LogP contribution in [0.15, 0.2) is 308 Å². The van der Waals surface area contributed by atoms with Gasteiger partial charge in [-0.2, -0.15) is 0 Å². The van der Waals surface area contributed by atoms with Crippen molar-refractivity contribution in [1.29, 1.82) is 0 Å². The first-order valence-electron chi connectivity index (χ1n) is 39.3. The molecule has 0 spiro atoms. The fourth-order valence-corrected chi connectivity index (χ4v) is 17.6. The van der Waals surface area contributed by atoms with E-state index in [0.29, 0.717) is 0 Å². The molecule has 0 saturated carbocycles. The molecule has 0 amide bonds. The highest BCUT2D eigenvalue weighted by Gasteiger charge is 2.71. The zero-order valence-corrected chi connectivity index (χ0v) is 63.4. The van der Waals surface area contributed by atoms with Crippen molar-refractivity contribution in [3.05, 3.63) is 353 Å². The van der Waals surface area contributed by atoms with E-state index in [2.05, 4.69) is 0 Å². The van der Waals surface area contributed by atoms with E-state index in [9.17, 15) is 0 Å². The molecule has 21 heteroatoms. The third-order valence-corrected chi connectivity index (χ3v) is 23.3. The van der Waals surface area contributed by atoms with Crippen LogP contribution in [0.2, 0.25) is 0 Å². The first kappa shape index (κ1) is 77.0. The van der Waals surface area contributed by atoms with Gasteiger partial charge in [0.05, 0.1) is 59.5 Å². The van der Waals surface area contributed by atoms with Crippen molar-refractivity contribution in [3.8, 4) is 0 Å². The fourth-order valence-electron chi connectivity index (χ4n) is 16.4. The standard InChI is InChI=1S/C93H92O20S/c94-93(84(99-55-64-39-19-5-20-40-64)77-73(59-103-89(111-77)68-47-27-9-28-48-68)107-92(93)113-83-80(97-53-62-35-15-3-16-36-62)76-72(106-91(83)114-69-49-29-10-30-50-69)58-102-88(110-76)67-45-25-8-26-46-67)85-81(78(95-51-60-31-11-1-12-32-60)74-70(104-85)56-100-86(108-74)65-41-21-6-22-42-65)112-90-82(98-54-63-37-17-4-18-38-63)79(96-52-61-33-13-2-14-34-61)75-71(105-90)57-101-87(109-75)66-43-23-7-24-44-66/h1-50,70-92,94H,51-59H2/t70-,71-,72-,73-,74-,75-,76-,77-,78+,79+,80+,81+,82+,83+,84+,85-,86?,87?,88?,89?,90+,91-,92+,93-/m1/s1. The molecule has 8 heterocycles. The second kappa shape index (κ2) is 36.5. The van der Waals surface area contributed by atoms with Gasteiger partial charge in [-0.1, -0.05) is 303 Å². The van der Waals surface area contributed by atoms with E-state index in [1.807, 2.05) is 303 Å². The Hall–Kier alpha value is -8.25. The van der Waals surface area contributed by atoms with Gasteiger partial charge in [-0.15, -0.1) is 0 Å². The van der Waals surface area contributed by atoms with Crippen LogP contribution in [-0.4, -0.2) is 153 Å². The van der Waals surface area contributed by atoms with Crippen LogP contribution < -0.4 is 0 Å². The van der Waals surface area contributed by atoms with Crippen LogP contribution in [0.25, 0.3) is 0 Å². The number of hydrogen-bond acceptors (Lipinski definition) is 21. The first-order chi connectivity index (χ1) is 56.4. The molecular weight excluding hydrogens is 1470 g/mol. The van der Waals surface area contributed by atoms with Gasteiger partial charge in [-0.25, -0.2) is 0 Å². The predicted molar refractivity (Wildman–Crippen MR) is 417 cm³/mol. The lowest BCUT2D eigenvalue weighted by Crippen LogP contribution is -2.80. The van der Waals surface area contributed by atoms with Crippen LogP contribution in [0, 0.1) is 0 Å². The molecule has 8 aliphatic rings. The Morgan fingerprint density at radius 3 is 0.991 bits per heavy atom. The summed E-state index contributed by atoms with van der Waals surface area (Å²) < 4.78 is 140. The largest absolute Gasteiger partial charge is 0.379 e. The third-order valence-electron chi connectivity index (χ3n) is 22.1. The molecule has 0 radical (unpaired) electrons. The van der Waals surface area contributed by atoms with Crippen LogP contribution in [-0.2, 0) is 123 Å². The van der Waals surface area contributed by atoms with E-state index in [-0.39, 0.29) is 59.5 Å². The molecule has 4 unspecified atom stereocenters. The molecular formula is C93H92O20S. The number of fused-ring (bicyclic) bond motifs is 4. The van der Waals surface area contributed by atoms with Crippen LogP contribution >= 0.6 is 11.8 Å². The summed E-state index contributed by atoms with van der Waals surface area (Å²) in [6.07, 6.45) is -24.3. The Morgan fingerprint density at radius 1 is 0.289 bits per heavy atom. The summed E-state index contributed by atoms with van der Waals surface area (Å²) in [7, 11) is 0. The lowest BCUT2D eigenvalue weighted by molar-refractivity contribution is -0.447. The van der Waals surface area contributed by atoms with Crippen molar-refractivity contribution >= 4 is 11.8 Å². The maximum absolute atomic E-state index is 16.1. The smallest absolute Gasteiger partial charge is 0.192 e. The highest BCUT2D eigenvalue weighted by Crippen LogP contribution is 2.52.